The summed E-state index contributed by atoms with van der Waals surface area (Å²) in [6, 6.07) is 14.9. The second-order valence-electron chi connectivity index (χ2n) is 7.79. The van der Waals surface area contributed by atoms with Gasteiger partial charge in [0.2, 0.25) is 5.91 Å². The summed E-state index contributed by atoms with van der Waals surface area (Å²) in [5.74, 6) is 0.660. The summed E-state index contributed by atoms with van der Waals surface area (Å²) in [4.78, 5) is 30.7. The lowest BCUT2D eigenvalue weighted by atomic mass is 10.2. The lowest BCUT2D eigenvalue weighted by molar-refractivity contribution is -0.120. The minimum absolute atomic E-state index is 0.00535. The van der Waals surface area contributed by atoms with Gasteiger partial charge in [0.15, 0.2) is 5.16 Å². The Morgan fingerprint density at radius 1 is 1.28 bits per heavy atom. The van der Waals surface area contributed by atoms with Gasteiger partial charge in [0, 0.05) is 13.2 Å². The smallest absolute Gasteiger partial charge is 0.262 e. The minimum Gasteiger partial charge on any atom is -0.497 e. The van der Waals surface area contributed by atoms with Crippen LogP contribution < -0.4 is 15.6 Å². The summed E-state index contributed by atoms with van der Waals surface area (Å²) < 4.78 is 12.6. The predicted octanol–water partition coefficient (Wildman–Crippen LogP) is 3.38. The van der Waals surface area contributed by atoms with E-state index in [9.17, 15) is 9.59 Å². The Morgan fingerprint density at radius 2 is 2.06 bits per heavy atom. The van der Waals surface area contributed by atoms with Crippen molar-refractivity contribution in [1.82, 2.24) is 14.9 Å². The summed E-state index contributed by atoms with van der Waals surface area (Å²) in [5, 5.41) is 3.65. The van der Waals surface area contributed by atoms with Gasteiger partial charge in [-0.05, 0) is 49.6 Å². The van der Waals surface area contributed by atoms with Crippen molar-refractivity contribution in [3.05, 3.63) is 64.4 Å². The molecule has 1 N–H and O–H groups in total. The average molecular weight is 454 g/mol. The number of carbonyl (C=O) groups is 1. The number of para-hydroxylation sites is 1. The Kier molecular flexibility index (Phi) is 7.12. The van der Waals surface area contributed by atoms with E-state index in [-0.39, 0.29) is 17.6 Å². The van der Waals surface area contributed by atoms with Crippen molar-refractivity contribution in [3.8, 4) is 5.75 Å². The number of aromatic nitrogens is 2. The fourth-order valence-electron chi connectivity index (χ4n) is 3.68. The molecule has 168 valence electrons. The number of fused-ring (bicyclic) bond motifs is 1. The Morgan fingerprint density at radius 3 is 2.78 bits per heavy atom. The molecule has 1 saturated heterocycles. The SMILES string of the molecule is COc1ccc(CNC(=O)C(C)Sc2nc3ccccc3c(=O)n2CC2CCCO2)cc1. The number of nitrogens with zero attached hydrogens (tertiary/aromatic N) is 2. The van der Waals surface area contributed by atoms with Crippen LogP contribution in [0.2, 0.25) is 0 Å². The lowest BCUT2D eigenvalue weighted by Crippen LogP contribution is -2.33. The molecule has 2 atom stereocenters. The van der Waals surface area contributed by atoms with Crippen LogP contribution in [0.3, 0.4) is 0 Å². The van der Waals surface area contributed by atoms with E-state index in [0.29, 0.717) is 35.8 Å². The number of benzene rings is 2. The summed E-state index contributed by atoms with van der Waals surface area (Å²) in [7, 11) is 1.62. The summed E-state index contributed by atoms with van der Waals surface area (Å²) in [6.07, 6.45) is 1.91. The molecule has 2 aromatic carbocycles. The topological polar surface area (TPSA) is 82.5 Å². The predicted molar refractivity (Wildman–Crippen MR) is 125 cm³/mol. The fraction of sp³-hybridized carbons (Fsp3) is 0.375. The molecular weight excluding hydrogens is 426 g/mol. The molecule has 0 radical (unpaired) electrons. The molecule has 0 aliphatic carbocycles. The normalized spacial score (nSPS) is 16.8. The molecule has 0 bridgehead atoms. The van der Waals surface area contributed by atoms with Crippen molar-refractivity contribution in [3.63, 3.8) is 0 Å². The highest BCUT2D eigenvalue weighted by Crippen LogP contribution is 2.24. The average Bonchev–Trinajstić information content (AvgIpc) is 3.33. The Labute approximate surface area is 191 Å². The van der Waals surface area contributed by atoms with E-state index in [4.69, 9.17) is 14.5 Å². The van der Waals surface area contributed by atoms with Crippen LogP contribution in [-0.4, -0.2) is 40.5 Å². The fourth-order valence-corrected chi connectivity index (χ4v) is 4.62. The first-order chi connectivity index (χ1) is 15.5. The zero-order chi connectivity index (χ0) is 22.5. The highest BCUT2D eigenvalue weighted by molar-refractivity contribution is 8.00. The van der Waals surface area contributed by atoms with Crippen LogP contribution in [0.5, 0.6) is 5.75 Å². The highest BCUT2D eigenvalue weighted by atomic mass is 32.2. The monoisotopic (exact) mass is 453 g/mol. The third kappa shape index (κ3) is 5.14. The molecule has 1 amide bonds. The lowest BCUT2D eigenvalue weighted by Gasteiger charge is -2.18. The molecule has 1 aromatic heterocycles. The molecule has 2 heterocycles. The summed E-state index contributed by atoms with van der Waals surface area (Å²) >= 11 is 1.30. The highest BCUT2D eigenvalue weighted by Gasteiger charge is 2.23. The van der Waals surface area contributed by atoms with Crippen LogP contribution in [0.15, 0.2) is 58.5 Å². The third-order valence-electron chi connectivity index (χ3n) is 5.51. The number of rotatable bonds is 8. The molecule has 3 aromatic rings. The van der Waals surface area contributed by atoms with Gasteiger partial charge in [0.1, 0.15) is 5.75 Å². The van der Waals surface area contributed by atoms with Crippen molar-refractivity contribution >= 4 is 28.6 Å². The van der Waals surface area contributed by atoms with Crippen molar-refractivity contribution in [1.29, 1.82) is 0 Å². The van der Waals surface area contributed by atoms with Gasteiger partial charge in [0.05, 0.1) is 35.9 Å². The second-order valence-corrected chi connectivity index (χ2v) is 9.10. The van der Waals surface area contributed by atoms with Crippen molar-refractivity contribution in [2.75, 3.05) is 13.7 Å². The standard InChI is InChI=1S/C24H27N3O4S/c1-16(22(28)25-14-17-9-11-18(30-2)12-10-17)32-24-26-21-8-4-3-7-20(21)23(29)27(24)15-19-6-5-13-31-19/h3-4,7-12,16,19H,5-6,13-15H2,1-2H3,(H,25,28). The molecule has 1 fully saturated rings. The first kappa shape index (κ1) is 22.4. The molecule has 8 heteroatoms. The van der Waals surface area contributed by atoms with E-state index in [0.717, 1.165) is 24.2 Å². The molecule has 0 saturated carbocycles. The van der Waals surface area contributed by atoms with Crippen LogP contribution in [0, 0.1) is 0 Å². The molecule has 0 spiro atoms. The Balaban J connectivity index is 1.50. The van der Waals surface area contributed by atoms with Crippen LogP contribution in [0.4, 0.5) is 0 Å². The maximum Gasteiger partial charge on any atom is 0.262 e. The number of methoxy groups -OCH3 is 1. The minimum atomic E-state index is -0.419. The number of nitrogens with one attached hydrogen (secondary N) is 1. The number of thioether (sulfide) groups is 1. The van der Waals surface area contributed by atoms with E-state index < -0.39 is 5.25 Å². The van der Waals surface area contributed by atoms with E-state index in [2.05, 4.69) is 5.32 Å². The van der Waals surface area contributed by atoms with E-state index in [1.807, 2.05) is 49.4 Å². The van der Waals surface area contributed by atoms with Crippen LogP contribution >= 0.6 is 11.8 Å². The number of carbonyl (C=O) groups excluding carboxylic acids is 1. The zero-order valence-corrected chi connectivity index (χ0v) is 19.1. The van der Waals surface area contributed by atoms with Gasteiger partial charge in [0.25, 0.3) is 5.56 Å². The van der Waals surface area contributed by atoms with Crippen LogP contribution in [0.1, 0.15) is 25.3 Å². The molecule has 7 nitrogen and oxygen atoms in total. The summed E-state index contributed by atoms with van der Waals surface area (Å²) in [6.45, 7) is 3.40. The van der Waals surface area contributed by atoms with E-state index >= 15 is 0 Å². The van der Waals surface area contributed by atoms with Gasteiger partial charge in [-0.3, -0.25) is 14.2 Å². The second kappa shape index (κ2) is 10.2. The third-order valence-corrected chi connectivity index (χ3v) is 6.60. The first-order valence-corrected chi connectivity index (χ1v) is 11.6. The molecule has 1 aliphatic heterocycles. The molecule has 32 heavy (non-hydrogen) atoms. The van der Waals surface area contributed by atoms with Crippen molar-refractivity contribution in [2.24, 2.45) is 0 Å². The maximum absolute atomic E-state index is 13.2. The van der Waals surface area contributed by atoms with Gasteiger partial charge >= 0.3 is 0 Å². The van der Waals surface area contributed by atoms with E-state index in [1.165, 1.54) is 11.8 Å². The van der Waals surface area contributed by atoms with Gasteiger partial charge in [-0.15, -0.1) is 0 Å². The van der Waals surface area contributed by atoms with E-state index in [1.54, 1.807) is 17.7 Å². The molecule has 2 unspecified atom stereocenters. The number of ether oxygens (including phenoxy) is 2. The molecule has 4 rings (SSSR count). The van der Waals surface area contributed by atoms with Crippen LogP contribution in [-0.2, 0) is 22.6 Å². The van der Waals surface area contributed by atoms with Gasteiger partial charge in [-0.2, -0.15) is 0 Å². The molecular formula is C24H27N3O4S. The number of hydrogen-bond acceptors (Lipinski definition) is 6. The van der Waals surface area contributed by atoms with Crippen molar-refractivity contribution in [2.45, 2.75) is 49.4 Å². The van der Waals surface area contributed by atoms with Gasteiger partial charge in [-0.25, -0.2) is 4.98 Å². The molecule has 1 aliphatic rings. The summed E-state index contributed by atoms with van der Waals surface area (Å²) in [5.41, 5.74) is 1.52. The largest absolute Gasteiger partial charge is 0.497 e. The van der Waals surface area contributed by atoms with Crippen LogP contribution in [0.25, 0.3) is 10.9 Å². The number of hydrogen-bond donors (Lipinski definition) is 1. The zero-order valence-electron chi connectivity index (χ0n) is 18.2. The first-order valence-electron chi connectivity index (χ1n) is 10.7. The Hall–Kier alpha value is -2.84. The Bertz CT molecular complexity index is 1140. The van der Waals surface area contributed by atoms with Crippen molar-refractivity contribution < 1.29 is 14.3 Å². The quantitative estimate of drug-likeness (QED) is 0.416. The number of amides is 1. The maximum atomic E-state index is 13.2. The van der Waals surface area contributed by atoms with Gasteiger partial charge in [-0.1, -0.05) is 36.0 Å². The van der Waals surface area contributed by atoms with Gasteiger partial charge < -0.3 is 14.8 Å².